The molecule has 0 bridgehead atoms. The number of imidazole rings is 1. The van der Waals surface area contributed by atoms with Crippen molar-refractivity contribution in [2.45, 2.75) is 51.2 Å². The van der Waals surface area contributed by atoms with Crippen LogP contribution in [0.15, 0.2) is 35.8 Å². The van der Waals surface area contributed by atoms with E-state index in [9.17, 15) is 5.26 Å². The number of aliphatic imine (C=N–C) groups is 1. The van der Waals surface area contributed by atoms with Gasteiger partial charge < -0.3 is 10.1 Å². The maximum atomic E-state index is 9.21. The highest BCUT2D eigenvalue weighted by atomic mass is 16.5. The van der Waals surface area contributed by atoms with Crippen LogP contribution in [0.1, 0.15) is 50.8 Å². The molecule has 166 valence electrons. The van der Waals surface area contributed by atoms with E-state index in [2.05, 4.69) is 21.1 Å². The summed E-state index contributed by atoms with van der Waals surface area (Å²) in [5, 5.41) is 21.7. The van der Waals surface area contributed by atoms with Crippen LogP contribution in [0.2, 0.25) is 0 Å². The van der Waals surface area contributed by atoms with Crippen molar-refractivity contribution in [3.63, 3.8) is 0 Å². The molecule has 9 heteroatoms. The highest BCUT2D eigenvalue weighted by Crippen LogP contribution is 2.41. The first-order chi connectivity index (χ1) is 15.6. The molecule has 2 atom stereocenters. The maximum Gasteiger partial charge on any atom is 0.149 e. The zero-order valence-corrected chi connectivity index (χ0v) is 18.4. The van der Waals surface area contributed by atoms with Crippen molar-refractivity contribution < 1.29 is 4.74 Å². The van der Waals surface area contributed by atoms with E-state index in [4.69, 9.17) is 15.1 Å². The Morgan fingerprint density at radius 2 is 2.25 bits per heavy atom. The summed E-state index contributed by atoms with van der Waals surface area (Å²) < 4.78 is 9.33. The summed E-state index contributed by atoms with van der Waals surface area (Å²) in [4.78, 5) is 13.7. The summed E-state index contributed by atoms with van der Waals surface area (Å²) in [6.45, 7) is 5.06. The number of nitrogens with zero attached hydrogens (tertiary/aromatic N) is 7. The fourth-order valence-corrected chi connectivity index (χ4v) is 3.74. The minimum Gasteiger partial charge on any atom is -0.377 e. The molecule has 9 nitrogen and oxygen atoms in total. The normalized spacial score (nSPS) is 15.9. The summed E-state index contributed by atoms with van der Waals surface area (Å²) in [5.74, 6) is 0.867. The van der Waals surface area contributed by atoms with Gasteiger partial charge in [0.1, 0.15) is 11.5 Å². The maximum absolute atomic E-state index is 9.21. The summed E-state index contributed by atoms with van der Waals surface area (Å²) in [6, 6.07) is 4.27. The zero-order valence-electron chi connectivity index (χ0n) is 18.4. The molecule has 4 rings (SSSR count). The molecule has 3 aromatic heterocycles. The van der Waals surface area contributed by atoms with Crippen LogP contribution in [0.4, 0.5) is 0 Å². The van der Waals surface area contributed by atoms with E-state index in [1.54, 1.807) is 18.6 Å². The number of hydrogen-bond donors (Lipinski definition) is 1. The second kappa shape index (κ2) is 9.83. The van der Waals surface area contributed by atoms with E-state index < -0.39 is 0 Å². The van der Waals surface area contributed by atoms with Crippen LogP contribution in [0, 0.1) is 22.7 Å². The van der Waals surface area contributed by atoms with Gasteiger partial charge in [-0.15, -0.1) is 0 Å². The Bertz CT molecular complexity index is 1130. The lowest BCUT2D eigenvalue weighted by molar-refractivity contribution is 0.0854. The fraction of sp³-hybridized carbons (Fsp3) is 0.478. The first kappa shape index (κ1) is 21.8. The molecule has 0 aromatic carbocycles. The van der Waals surface area contributed by atoms with Crippen LogP contribution in [0.3, 0.4) is 0 Å². The van der Waals surface area contributed by atoms with Crippen molar-refractivity contribution in [1.82, 2.24) is 24.1 Å². The fourth-order valence-electron chi connectivity index (χ4n) is 3.74. The number of fused-ring (bicyclic) bond motifs is 1. The molecule has 2 unspecified atom stereocenters. The summed E-state index contributed by atoms with van der Waals surface area (Å²) in [6.07, 6.45) is 13.3. The molecule has 0 spiro atoms. The minimum absolute atomic E-state index is 0.102. The summed E-state index contributed by atoms with van der Waals surface area (Å²) >= 11 is 0. The summed E-state index contributed by atoms with van der Waals surface area (Å²) in [5.41, 5.74) is 2.30. The molecule has 0 saturated heterocycles. The highest BCUT2D eigenvalue weighted by molar-refractivity contribution is 5.89. The van der Waals surface area contributed by atoms with Crippen molar-refractivity contribution in [3.8, 4) is 17.5 Å². The molecule has 1 aliphatic rings. The molecule has 1 aliphatic carbocycles. The highest BCUT2D eigenvalue weighted by Gasteiger charge is 2.33. The third-order valence-electron chi connectivity index (χ3n) is 5.53. The molecule has 0 radical (unpaired) electrons. The molecule has 3 aromatic rings. The molecule has 0 aliphatic heterocycles. The van der Waals surface area contributed by atoms with Crippen molar-refractivity contribution in [3.05, 3.63) is 36.5 Å². The molecular formula is C23H28N8O. The molecule has 3 heterocycles. The van der Waals surface area contributed by atoms with Gasteiger partial charge in [0.05, 0.1) is 61.2 Å². The van der Waals surface area contributed by atoms with Gasteiger partial charge in [0.25, 0.3) is 0 Å². The summed E-state index contributed by atoms with van der Waals surface area (Å²) in [7, 11) is 0. The Morgan fingerprint density at radius 1 is 1.41 bits per heavy atom. The monoisotopic (exact) mass is 432 g/mol. The van der Waals surface area contributed by atoms with E-state index in [1.165, 1.54) is 6.21 Å². The van der Waals surface area contributed by atoms with E-state index in [-0.39, 0.29) is 18.1 Å². The van der Waals surface area contributed by atoms with Crippen molar-refractivity contribution >= 4 is 18.1 Å². The van der Waals surface area contributed by atoms with Gasteiger partial charge in [-0.1, -0.05) is 0 Å². The zero-order chi connectivity index (χ0) is 22.5. The lowest BCUT2D eigenvalue weighted by Crippen LogP contribution is -2.11. The average Bonchev–Trinajstić information content (AvgIpc) is 3.30. The quantitative estimate of drug-likeness (QED) is 0.366. The number of aromatic nitrogens is 5. The lowest BCUT2D eigenvalue weighted by Gasteiger charge is -2.13. The van der Waals surface area contributed by atoms with Gasteiger partial charge in [0.2, 0.25) is 0 Å². The molecule has 32 heavy (non-hydrogen) atoms. The van der Waals surface area contributed by atoms with Gasteiger partial charge in [-0.3, -0.25) is 14.1 Å². The molecule has 1 saturated carbocycles. The first-order valence-electron chi connectivity index (χ1n) is 11.0. The minimum atomic E-state index is -0.359. The average molecular weight is 433 g/mol. The first-order valence-corrected chi connectivity index (χ1v) is 11.0. The molecular weight excluding hydrogens is 404 g/mol. The van der Waals surface area contributed by atoms with Crippen LogP contribution in [0.5, 0.6) is 0 Å². The number of nitrogens with one attached hydrogen (secondary N) is 1. The largest absolute Gasteiger partial charge is 0.377 e. The van der Waals surface area contributed by atoms with Gasteiger partial charge in [0, 0.05) is 37.1 Å². The third-order valence-corrected chi connectivity index (χ3v) is 5.53. The van der Waals surface area contributed by atoms with Gasteiger partial charge in [-0.05, 0) is 32.6 Å². The predicted octanol–water partition coefficient (Wildman–Crippen LogP) is 3.69. The van der Waals surface area contributed by atoms with Crippen molar-refractivity contribution in [2.75, 3.05) is 13.2 Å². The molecule has 0 amide bonds. The predicted molar refractivity (Wildman–Crippen MR) is 122 cm³/mol. The van der Waals surface area contributed by atoms with Gasteiger partial charge >= 0.3 is 0 Å². The Morgan fingerprint density at radius 3 is 2.97 bits per heavy atom. The van der Waals surface area contributed by atoms with Gasteiger partial charge in [-0.2, -0.15) is 10.4 Å². The topological polar surface area (TPSA) is 117 Å². The van der Waals surface area contributed by atoms with Gasteiger partial charge in [0.15, 0.2) is 0 Å². The van der Waals surface area contributed by atoms with Crippen LogP contribution >= 0.6 is 0 Å². The number of rotatable bonds is 11. The van der Waals surface area contributed by atoms with Crippen LogP contribution in [-0.2, 0) is 4.74 Å². The number of hydrogen-bond acceptors (Lipinski definition) is 7. The van der Waals surface area contributed by atoms with Crippen molar-refractivity contribution in [2.24, 2.45) is 10.9 Å². The van der Waals surface area contributed by atoms with Crippen LogP contribution in [-0.4, -0.2) is 55.8 Å². The lowest BCUT2D eigenvalue weighted by atomic mass is 10.1. The Balaban J connectivity index is 1.62. The van der Waals surface area contributed by atoms with E-state index >= 15 is 0 Å². The second-order valence-corrected chi connectivity index (χ2v) is 8.30. The Hall–Kier alpha value is -3.38. The number of nitriles is 1. The van der Waals surface area contributed by atoms with E-state index in [0.29, 0.717) is 37.0 Å². The van der Waals surface area contributed by atoms with Crippen molar-refractivity contribution in [1.29, 1.82) is 10.7 Å². The second-order valence-electron chi connectivity index (χ2n) is 8.30. The van der Waals surface area contributed by atoms with Crippen LogP contribution < -0.4 is 0 Å². The molecule has 1 N–H and O–H groups in total. The third kappa shape index (κ3) is 4.92. The smallest absolute Gasteiger partial charge is 0.149 e. The SMILES string of the molecule is CC(C)OCCN=CC(C=N)c1cc2nccn2c(-c2cnn(C(CC#N)C3CC3)c2)n1. The van der Waals surface area contributed by atoms with Crippen LogP contribution in [0.25, 0.3) is 17.0 Å². The van der Waals surface area contributed by atoms with E-state index in [1.807, 2.05) is 41.4 Å². The van der Waals surface area contributed by atoms with Gasteiger partial charge in [-0.25, -0.2) is 9.97 Å². The Labute approximate surface area is 187 Å². The molecule has 1 fully saturated rings. The van der Waals surface area contributed by atoms with E-state index in [0.717, 1.165) is 24.1 Å². The Kier molecular flexibility index (Phi) is 6.71. The standard InChI is InChI=1S/C23H28N8O/c1-16(2)32-10-8-26-13-18(12-25)20-11-22-27-7-9-30(22)23(29-20)19-14-28-31(15-19)21(5-6-24)17-3-4-17/h7,9,11-18,21,25H,3-5,8,10H2,1-2H3. The number of ether oxygens (including phenoxy) is 1.